The first kappa shape index (κ1) is 14.4. The van der Waals surface area contributed by atoms with Crippen LogP contribution in [-0.2, 0) is 13.1 Å². The van der Waals surface area contributed by atoms with Gasteiger partial charge in [-0.05, 0) is 30.7 Å². The monoisotopic (exact) mass is 298 g/mol. The first-order valence-electron chi connectivity index (χ1n) is 7.55. The molecule has 0 radical (unpaired) electrons. The van der Waals surface area contributed by atoms with Gasteiger partial charge in [0.05, 0.1) is 12.8 Å². The third-order valence-electron chi connectivity index (χ3n) is 3.85. The van der Waals surface area contributed by atoms with Crippen molar-refractivity contribution >= 4 is 22.8 Å². The Labute approximate surface area is 129 Å². The van der Waals surface area contributed by atoms with Crippen molar-refractivity contribution in [3.63, 3.8) is 0 Å². The summed E-state index contributed by atoms with van der Waals surface area (Å²) in [7, 11) is 0. The summed E-state index contributed by atoms with van der Waals surface area (Å²) in [5.41, 5.74) is 8.33. The van der Waals surface area contributed by atoms with E-state index in [2.05, 4.69) is 11.5 Å². The van der Waals surface area contributed by atoms with Crippen molar-refractivity contribution in [3.8, 4) is 0 Å². The van der Waals surface area contributed by atoms with Gasteiger partial charge in [-0.1, -0.05) is 25.5 Å². The van der Waals surface area contributed by atoms with Crippen molar-refractivity contribution in [3.05, 3.63) is 48.4 Å². The minimum atomic E-state index is -0.0832. The first-order valence-corrected chi connectivity index (χ1v) is 7.55. The van der Waals surface area contributed by atoms with Crippen LogP contribution >= 0.6 is 0 Å². The van der Waals surface area contributed by atoms with Crippen LogP contribution in [0.4, 0.5) is 5.95 Å². The number of hydrogen-bond acceptors (Lipinski definition) is 3. The fraction of sp³-hybridized carbons (Fsp3) is 0.294. The van der Waals surface area contributed by atoms with E-state index in [-0.39, 0.29) is 12.3 Å². The number of carbonyl (C=O) groups is 1. The number of benzene rings is 1. The van der Waals surface area contributed by atoms with Gasteiger partial charge in [0, 0.05) is 0 Å². The highest BCUT2D eigenvalue weighted by atomic mass is 16.3. The second-order valence-corrected chi connectivity index (χ2v) is 5.34. The molecule has 2 N–H and O–H groups in total. The lowest BCUT2D eigenvalue weighted by molar-refractivity contribution is -0.642. The second kappa shape index (κ2) is 6.05. The van der Waals surface area contributed by atoms with E-state index in [1.165, 1.54) is 6.26 Å². The van der Waals surface area contributed by atoms with Crippen molar-refractivity contribution < 1.29 is 13.8 Å². The highest BCUT2D eigenvalue weighted by Gasteiger charge is 2.23. The van der Waals surface area contributed by atoms with Gasteiger partial charge < -0.3 is 4.42 Å². The van der Waals surface area contributed by atoms with Gasteiger partial charge in [-0.15, -0.1) is 0 Å². The summed E-state index contributed by atoms with van der Waals surface area (Å²) >= 11 is 0. The Morgan fingerprint density at radius 3 is 2.82 bits per heavy atom. The molecule has 0 unspecified atom stereocenters. The number of carbonyl (C=O) groups excluding carboxylic acids is 1. The van der Waals surface area contributed by atoms with Gasteiger partial charge in [0.25, 0.3) is 0 Å². The van der Waals surface area contributed by atoms with Crippen LogP contribution in [0.2, 0.25) is 0 Å². The Bertz CT molecular complexity index is 788. The van der Waals surface area contributed by atoms with E-state index in [0.717, 1.165) is 30.4 Å². The van der Waals surface area contributed by atoms with Crippen molar-refractivity contribution in [1.29, 1.82) is 0 Å². The number of imidazole rings is 1. The molecule has 2 heterocycles. The number of rotatable bonds is 6. The van der Waals surface area contributed by atoms with E-state index in [4.69, 9.17) is 10.2 Å². The second-order valence-electron chi connectivity index (χ2n) is 5.34. The molecule has 0 saturated carbocycles. The number of fused-ring (bicyclic) bond motifs is 1. The molecule has 22 heavy (non-hydrogen) atoms. The summed E-state index contributed by atoms with van der Waals surface area (Å²) in [5.74, 6) is 0.881. The molecule has 114 valence electrons. The SMILES string of the molecule is CCCCn1c(N)[n+](CC(=O)c2ccco2)c2ccccc21. The van der Waals surface area contributed by atoms with Gasteiger partial charge in [0.15, 0.2) is 5.76 Å². The number of nitrogens with two attached hydrogens (primary N) is 1. The summed E-state index contributed by atoms with van der Waals surface area (Å²) in [6, 6.07) is 11.4. The van der Waals surface area contributed by atoms with Gasteiger partial charge in [-0.25, -0.2) is 9.13 Å². The predicted molar refractivity (Wildman–Crippen MR) is 84.5 cm³/mol. The van der Waals surface area contributed by atoms with Crippen molar-refractivity contribution in [2.24, 2.45) is 0 Å². The molecule has 3 rings (SSSR count). The van der Waals surface area contributed by atoms with Crippen molar-refractivity contribution in [2.45, 2.75) is 32.9 Å². The zero-order valence-electron chi connectivity index (χ0n) is 12.7. The number of nitrogens with zero attached hydrogens (tertiary/aromatic N) is 2. The number of unbranched alkanes of at least 4 members (excludes halogenated alkanes) is 1. The molecule has 1 aromatic carbocycles. The van der Waals surface area contributed by atoms with Crippen molar-refractivity contribution in [1.82, 2.24) is 4.57 Å². The van der Waals surface area contributed by atoms with E-state index < -0.39 is 0 Å². The Hall–Kier alpha value is -2.56. The molecule has 0 atom stereocenters. The molecule has 0 bridgehead atoms. The van der Waals surface area contributed by atoms with Crippen LogP contribution in [0.25, 0.3) is 11.0 Å². The van der Waals surface area contributed by atoms with Crippen LogP contribution in [0.5, 0.6) is 0 Å². The zero-order chi connectivity index (χ0) is 15.5. The third kappa shape index (κ3) is 2.50. The Balaban J connectivity index is 2.01. The maximum Gasteiger partial charge on any atom is 0.356 e. The maximum atomic E-state index is 12.3. The molecule has 0 saturated heterocycles. The van der Waals surface area contributed by atoms with Crippen LogP contribution in [0, 0.1) is 0 Å². The fourth-order valence-electron chi connectivity index (χ4n) is 2.69. The number of furan rings is 1. The van der Waals surface area contributed by atoms with E-state index in [0.29, 0.717) is 11.7 Å². The molecule has 0 aliphatic rings. The summed E-state index contributed by atoms with van der Waals surface area (Å²) in [6.45, 7) is 3.18. The number of aryl methyl sites for hydroxylation is 1. The summed E-state index contributed by atoms with van der Waals surface area (Å²) in [5, 5.41) is 0. The molecule has 0 aliphatic carbocycles. The number of ketones is 1. The summed E-state index contributed by atoms with van der Waals surface area (Å²) in [6.07, 6.45) is 3.65. The number of para-hydroxylation sites is 2. The number of Topliss-reactive ketones (excluding diaryl/α,β-unsaturated/α-hetero) is 1. The quantitative estimate of drug-likeness (QED) is 0.562. The molecule has 0 aliphatic heterocycles. The van der Waals surface area contributed by atoms with Gasteiger partial charge >= 0.3 is 5.95 Å². The number of aromatic nitrogens is 2. The Kier molecular flexibility index (Phi) is 3.96. The number of nitrogen functional groups attached to an aromatic ring is 1. The zero-order valence-corrected chi connectivity index (χ0v) is 12.7. The van der Waals surface area contributed by atoms with E-state index in [1.807, 2.05) is 28.8 Å². The lowest BCUT2D eigenvalue weighted by atomic mass is 10.2. The van der Waals surface area contributed by atoms with E-state index >= 15 is 0 Å². The standard InChI is InChI=1S/C17H19N3O2/c1-2-3-10-19-13-7-4-5-8-14(13)20(17(19)18)12-15(21)16-9-6-11-22-16/h4-9,11,18H,2-3,10,12H2,1H3/p+1. The topological polar surface area (TPSA) is 65.0 Å². The van der Waals surface area contributed by atoms with Crippen LogP contribution in [0.3, 0.4) is 0 Å². The molecule has 0 amide bonds. The largest absolute Gasteiger partial charge is 0.461 e. The minimum absolute atomic E-state index is 0.0832. The molecule has 3 aromatic rings. The molecular weight excluding hydrogens is 278 g/mol. The molecule has 5 heteroatoms. The summed E-state index contributed by atoms with van der Waals surface area (Å²) in [4.78, 5) is 12.3. The molecular formula is C17H20N3O2+. The number of hydrogen-bond donors (Lipinski definition) is 1. The van der Waals surface area contributed by atoms with Crippen LogP contribution < -0.4 is 10.3 Å². The van der Waals surface area contributed by atoms with Crippen LogP contribution in [0.15, 0.2) is 47.1 Å². The highest BCUT2D eigenvalue weighted by molar-refractivity contribution is 5.92. The highest BCUT2D eigenvalue weighted by Crippen LogP contribution is 2.17. The molecule has 2 aromatic heterocycles. The van der Waals surface area contributed by atoms with E-state index in [1.54, 1.807) is 12.1 Å². The average Bonchev–Trinajstić information content (AvgIpc) is 3.14. The van der Waals surface area contributed by atoms with Crippen LogP contribution in [-0.4, -0.2) is 10.4 Å². The van der Waals surface area contributed by atoms with Gasteiger partial charge in [-0.2, -0.15) is 0 Å². The smallest absolute Gasteiger partial charge is 0.356 e. The number of anilines is 1. The lowest BCUT2D eigenvalue weighted by Crippen LogP contribution is -2.40. The third-order valence-corrected chi connectivity index (χ3v) is 3.85. The van der Waals surface area contributed by atoms with Gasteiger partial charge in [0.2, 0.25) is 5.78 Å². The summed E-state index contributed by atoms with van der Waals surface area (Å²) < 4.78 is 9.12. The van der Waals surface area contributed by atoms with E-state index in [9.17, 15) is 4.79 Å². The maximum absolute atomic E-state index is 12.3. The molecule has 5 nitrogen and oxygen atoms in total. The van der Waals surface area contributed by atoms with Crippen LogP contribution in [0.1, 0.15) is 30.3 Å². The molecule has 0 spiro atoms. The predicted octanol–water partition coefficient (Wildman–Crippen LogP) is 2.79. The Morgan fingerprint density at radius 2 is 2.09 bits per heavy atom. The Morgan fingerprint density at radius 1 is 1.27 bits per heavy atom. The fourth-order valence-corrected chi connectivity index (χ4v) is 2.69. The average molecular weight is 298 g/mol. The lowest BCUT2D eigenvalue weighted by Gasteiger charge is -2.00. The minimum Gasteiger partial charge on any atom is -0.461 e. The normalized spacial score (nSPS) is 11.1. The van der Waals surface area contributed by atoms with Gasteiger partial charge in [0.1, 0.15) is 17.6 Å². The van der Waals surface area contributed by atoms with Crippen molar-refractivity contribution in [2.75, 3.05) is 5.73 Å². The molecule has 0 fully saturated rings. The van der Waals surface area contributed by atoms with Gasteiger partial charge in [-0.3, -0.25) is 10.5 Å². The first-order chi connectivity index (χ1) is 10.7.